The largest absolute Gasteiger partial charge is 0.465 e. The average molecular weight is 541 g/mol. The standard InChI is InChI=1S/C27H29FN4O7/c1-13(2)22(23(34)21-14(3)24(35)32-26(21)37)31-20(33)12-18(15-7-5-8-16(11-15)27(38)39-4)30-25(36)17-9-6-10-19(28)29-17/h5-11,13-14,18,21-22H,12H2,1-4H3,(H,30,36)(H,31,33)(H,32,35,37)/t14-,18?,21+,22-/m0/s1. The van der Waals surface area contributed by atoms with Crippen molar-refractivity contribution in [1.82, 2.24) is 20.9 Å². The molecule has 0 spiro atoms. The molecule has 1 aliphatic heterocycles. The minimum atomic E-state index is -1.24. The number of imide groups is 1. The van der Waals surface area contributed by atoms with Gasteiger partial charge in [0.15, 0.2) is 5.78 Å². The Bertz CT molecular complexity index is 1310. The fourth-order valence-corrected chi connectivity index (χ4v) is 4.26. The molecule has 2 heterocycles. The van der Waals surface area contributed by atoms with Crippen molar-refractivity contribution in [2.45, 2.75) is 39.3 Å². The summed E-state index contributed by atoms with van der Waals surface area (Å²) in [4.78, 5) is 79.0. The summed E-state index contributed by atoms with van der Waals surface area (Å²) in [5.74, 6) is -7.37. The molecule has 12 heteroatoms. The van der Waals surface area contributed by atoms with Crippen molar-refractivity contribution in [3.8, 4) is 0 Å². The number of rotatable bonds is 10. The van der Waals surface area contributed by atoms with Crippen molar-refractivity contribution in [1.29, 1.82) is 0 Å². The van der Waals surface area contributed by atoms with E-state index in [2.05, 4.69) is 20.9 Å². The van der Waals surface area contributed by atoms with Crippen LogP contribution in [0.15, 0.2) is 42.5 Å². The summed E-state index contributed by atoms with van der Waals surface area (Å²) in [7, 11) is 1.21. The van der Waals surface area contributed by atoms with E-state index in [4.69, 9.17) is 4.74 Å². The Morgan fingerprint density at radius 1 is 1.05 bits per heavy atom. The highest BCUT2D eigenvalue weighted by Crippen LogP contribution is 2.24. The Kier molecular flexibility index (Phi) is 9.23. The minimum Gasteiger partial charge on any atom is -0.465 e. The lowest BCUT2D eigenvalue weighted by atomic mass is 9.85. The molecule has 0 saturated carbocycles. The molecule has 0 radical (unpaired) electrons. The number of hydrogen-bond acceptors (Lipinski definition) is 8. The maximum absolute atomic E-state index is 13.6. The van der Waals surface area contributed by atoms with E-state index in [1.165, 1.54) is 44.4 Å². The van der Waals surface area contributed by atoms with Gasteiger partial charge in [0.25, 0.3) is 5.91 Å². The molecule has 1 fully saturated rings. The maximum Gasteiger partial charge on any atom is 0.337 e. The fraction of sp³-hybridized carbons (Fsp3) is 0.370. The van der Waals surface area contributed by atoms with E-state index in [0.717, 1.165) is 6.07 Å². The number of methoxy groups -OCH3 is 1. The molecule has 1 saturated heterocycles. The van der Waals surface area contributed by atoms with Crippen LogP contribution in [0.25, 0.3) is 0 Å². The lowest BCUT2D eigenvalue weighted by Crippen LogP contribution is -2.49. The first kappa shape index (κ1) is 29.1. The molecular weight excluding hydrogens is 511 g/mol. The number of nitrogens with one attached hydrogen (secondary N) is 3. The number of nitrogens with zero attached hydrogens (tertiary/aromatic N) is 1. The Labute approximate surface area is 223 Å². The monoisotopic (exact) mass is 540 g/mol. The number of halogens is 1. The van der Waals surface area contributed by atoms with Crippen molar-refractivity contribution in [2.24, 2.45) is 17.8 Å². The molecular formula is C27H29FN4O7. The molecule has 1 aliphatic rings. The Morgan fingerprint density at radius 2 is 1.74 bits per heavy atom. The van der Waals surface area contributed by atoms with Gasteiger partial charge in [-0.25, -0.2) is 9.78 Å². The van der Waals surface area contributed by atoms with Crippen molar-refractivity contribution in [3.63, 3.8) is 0 Å². The summed E-state index contributed by atoms with van der Waals surface area (Å²) in [6.45, 7) is 4.82. The van der Waals surface area contributed by atoms with Crippen molar-refractivity contribution in [2.75, 3.05) is 7.11 Å². The quantitative estimate of drug-likeness (QED) is 0.177. The first-order chi connectivity index (χ1) is 18.4. The first-order valence-corrected chi connectivity index (χ1v) is 12.2. The number of ether oxygens (including phenoxy) is 1. The number of esters is 1. The summed E-state index contributed by atoms with van der Waals surface area (Å²) in [5.41, 5.74) is 0.296. The molecule has 39 heavy (non-hydrogen) atoms. The number of carbonyl (C=O) groups excluding carboxylic acids is 6. The summed E-state index contributed by atoms with van der Waals surface area (Å²) < 4.78 is 18.3. The number of hydrogen-bond donors (Lipinski definition) is 3. The molecule has 4 atom stereocenters. The lowest BCUT2D eigenvalue weighted by molar-refractivity contribution is -0.137. The minimum absolute atomic E-state index is 0.166. The van der Waals surface area contributed by atoms with E-state index >= 15 is 0 Å². The SMILES string of the molecule is COC(=O)c1cccc(C(CC(=O)N[C@H](C(=O)[C@@H]2C(=O)NC(=O)[C@H]2C)C(C)C)NC(=O)c2cccc(F)n2)c1. The van der Waals surface area contributed by atoms with E-state index in [1.54, 1.807) is 19.9 Å². The second-order valence-corrected chi connectivity index (χ2v) is 9.50. The molecule has 11 nitrogen and oxygen atoms in total. The first-order valence-electron chi connectivity index (χ1n) is 12.2. The third-order valence-electron chi connectivity index (χ3n) is 6.39. The van der Waals surface area contributed by atoms with Crippen LogP contribution < -0.4 is 16.0 Å². The normalized spacial score (nSPS) is 18.2. The zero-order valence-electron chi connectivity index (χ0n) is 21.8. The number of ketones is 1. The zero-order valence-corrected chi connectivity index (χ0v) is 21.8. The highest BCUT2D eigenvalue weighted by Gasteiger charge is 2.46. The maximum atomic E-state index is 13.6. The average Bonchev–Trinajstić information content (AvgIpc) is 3.16. The second-order valence-electron chi connectivity index (χ2n) is 9.50. The van der Waals surface area contributed by atoms with Crippen LogP contribution in [0.2, 0.25) is 0 Å². The molecule has 1 unspecified atom stereocenters. The Hall–Kier alpha value is -4.48. The Balaban J connectivity index is 1.86. The van der Waals surface area contributed by atoms with Gasteiger partial charge in [-0.3, -0.25) is 29.3 Å². The van der Waals surface area contributed by atoms with Gasteiger partial charge in [-0.1, -0.05) is 39.0 Å². The van der Waals surface area contributed by atoms with Crippen LogP contribution in [-0.4, -0.2) is 53.5 Å². The third kappa shape index (κ3) is 6.89. The van der Waals surface area contributed by atoms with Crippen molar-refractivity contribution >= 4 is 35.4 Å². The molecule has 3 rings (SSSR count). The lowest BCUT2D eigenvalue weighted by Gasteiger charge is -2.26. The predicted octanol–water partition coefficient (Wildman–Crippen LogP) is 1.49. The summed E-state index contributed by atoms with van der Waals surface area (Å²) in [5, 5.41) is 7.37. The van der Waals surface area contributed by atoms with Crippen molar-refractivity contribution in [3.05, 3.63) is 65.2 Å². The van der Waals surface area contributed by atoms with E-state index in [1.807, 2.05) is 0 Å². The van der Waals surface area contributed by atoms with Crippen LogP contribution >= 0.6 is 0 Å². The third-order valence-corrected chi connectivity index (χ3v) is 6.39. The number of carbonyl (C=O) groups is 6. The number of aromatic nitrogens is 1. The van der Waals surface area contributed by atoms with Crippen LogP contribution in [0.1, 0.15) is 59.6 Å². The molecule has 0 bridgehead atoms. The van der Waals surface area contributed by atoms with Gasteiger partial charge < -0.3 is 15.4 Å². The summed E-state index contributed by atoms with van der Waals surface area (Å²) in [6, 6.07) is 7.60. The summed E-state index contributed by atoms with van der Waals surface area (Å²) in [6.07, 6.45) is -0.381. The van der Waals surface area contributed by atoms with Gasteiger partial charge >= 0.3 is 5.97 Å². The predicted molar refractivity (Wildman–Crippen MR) is 134 cm³/mol. The van der Waals surface area contributed by atoms with Gasteiger partial charge in [-0.15, -0.1) is 0 Å². The van der Waals surface area contributed by atoms with Gasteiger partial charge in [-0.05, 0) is 35.7 Å². The van der Waals surface area contributed by atoms with Gasteiger partial charge in [-0.2, -0.15) is 4.39 Å². The topological polar surface area (TPSA) is 161 Å². The molecule has 3 N–H and O–H groups in total. The smallest absolute Gasteiger partial charge is 0.337 e. The van der Waals surface area contributed by atoms with E-state index in [9.17, 15) is 33.2 Å². The van der Waals surface area contributed by atoms with E-state index in [0.29, 0.717) is 5.56 Å². The van der Waals surface area contributed by atoms with Crippen LogP contribution in [0.3, 0.4) is 0 Å². The molecule has 4 amide bonds. The molecule has 0 aliphatic carbocycles. The highest BCUT2D eigenvalue weighted by atomic mass is 19.1. The number of benzene rings is 1. The van der Waals surface area contributed by atoms with Crippen LogP contribution in [0.4, 0.5) is 4.39 Å². The van der Waals surface area contributed by atoms with E-state index in [-0.39, 0.29) is 17.7 Å². The van der Waals surface area contributed by atoms with E-state index < -0.39 is 71.2 Å². The van der Waals surface area contributed by atoms with Crippen molar-refractivity contribution < 1.29 is 37.9 Å². The molecule has 1 aromatic heterocycles. The molecule has 1 aromatic carbocycles. The van der Waals surface area contributed by atoms with Crippen LogP contribution in [-0.2, 0) is 23.9 Å². The highest BCUT2D eigenvalue weighted by molar-refractivity contribution is 6.16. The van der Waals surface area contributed by atoms with Gasteiger partial charge in [0, 0.05) is 0 Å². The van der Waals surface area contributed by atoms with Gasteiger partial charge in [0.2, 0.25) is 23.7 Å². The molecule has 206 valence electrons. The zero-order chi connectivity index (χ0) is 28.9. The second kappa shape index (κ2) is 12.4. The van der Waals surface area contributed by atoms with Crippen LogP contribution in [0, 0.1) is 23.7 Å². The number of pyridine rings is 1. The summed E-state index contributed by atoms with van der Waals surface area (Å²) >= 11 is 0. The number of Topliss-reactive ketones (excluding diaryl/α,β-unsaturated/α-hetero) is 1. The fourth-order valence-electron chi connectivity index (χ4n) is 4.26. The number of amides is 4. The van der Waals surface area contributed by atoms with Gasteiger partial charge in [0.1, 0.15) is 11.6 Å². The van der Waals surface area contributed by atoms with Crippen LogP contribution in [0.5, 0.6) is 0 Å². The Morgan fingerprint density at radius 3 is 2.33 bits per heavy atom. The molecule has 2 aromatic rings. The van der Waals surface area contributed by atoms with Gasteiger partial charge in [0.05, 0.1) is 37.1 Å².